The average molecular weight is 1060 g/mol. The number of hydrogen-bond donors (Lipinski definition) is 4. The number of amides is 3. The molecule has 8 saturated carbocycles. The highest BCUT2D eigenvalue weighted by molar-refractivity contribution is 8.17. The van der Waals surface area contributed by atoms with Gasteiger partial charge in [0.15, 0.2) is 20.7 Å². The van der Waals surface area contributed by atoms with Gasteiger partial charge >= 0.3 is 0 Å². The van der Waals surface area contributed by atoms with E-state index in [1.807, 2.05) is 32.5 Å². The van der Waals surface area contributed by atoms with Crippen molar-refractivity contribution in [2.75, 3.05) is 0 Å². The smallest absolute Gasteiger partial charge is 0.242 e. The van der Waals surface area contributed by atoms with Crippen molar-refractivity contribution in [3.8, 4) is 0 Å². The lowest BCUT2D eigenvalue weighted by molar-refractivity contribution is -0.122. The predicted octanol–water partition coefficient (Wildman–Crippen LogP) is 12.2. The summed E-state index contributed by atoms with van der Waals surface area (Å²) in [4.78, 5) is 55.7. The van der Waals surface area contributed by atoms with Gasteiger partial charge in [0.05, 0.1) is 28.9 Å². The maximum Gasteiger partial charge on any atom is 0.242 e. The number of carbonyl (C=O) groups is 3. The Bertz CT molecular complexity index is 1930. The molecule has 15 heteroatoms. The third-order valence-corrected chi connectivity index (χ3v) is 26.4. The molecule has 0 radical (unpaired) electrons. The topological polar surface area (TPSA) is 149 Å². The van der Waals surface area contributed by atoms with Crippen molar-refractivity contribution in [2.24, 2.45) is 91.0 Å². The molecule has 16 atom stereocenters. The maximum absolute atomic E-state index is 12.1. The molecule has 11 nitrogen and oxygen atoms in total. The summed E-state index contributed by atoms with van der Waals surface area (Å²) in [6, 6.07) is 2.00. The first kappa shape index (κ1) is 54.8. The van der Waals surface area contributed by atoms with Crippen LogP contribution in [0.15, 0.2) is 32.2 Å². The second kappa shape index (κ2) is 21.5. The fourth-order valence-corrected chi connectivity index (χ4v) is 18.5. The minimum atomic E-state index is -0.337. The summed E-state index contributed by atoms with van der Waals surface area (Å²) in [5.41, 5.74) is 1.13. The zero-order valence-electron chi connectivity index (χ0n) is 45.9. The number of rotatable bonds is 8. The highest BCUT2D eigenvalue weighted by atomic mass is 32.2. The van der Waals surface area contributed by atoms with Crippen LogP contribution in [0.25, 0.3) is 0 Å². The molecule has 4 N–H and O–H groups in total. The summed E-state index contributed by atoms with van der Waals surface area (Å²) in [5.74, 6) is 8.85. The first-order chi connectivity index (χ1) is 33.9. The van der Waals surface area contributed by atoms with Gasteiger partial charge in [0, 0.05) is 5.70 Å². The molecule has 4 aliphatic heterocycles. The molecular weight excluding hydrogens is 973 g/mol. The fourth-order valence-electron chi connectivity index (χ4n) is 13.9. The Labute approximate surface area is 450 Å². The highest BCUT2D eigenvalue weighted by Crippen LogP contribution is 2.51. The Kier molecular flexibility index (Phi) is 16.3. The van der Waals surface area contributed by atoms with E-state index in [1.165, 1.54) is 103 Å². The zero-order valence-corrected chi connectivity index (χ0v) is 49.2. The molecular formula is C57H90N8O3S4. The zero-order chi connectivity index (χ0) is 51.7. The van der Waals surface area contributed by atoms with Crippen LogP contribution in [0.5, 0.6) is 0 Å². The van der Waals surface area contributed by atoms with Crippen LogP contribution in [0.4, 0.5) is 0 Å². The monoisotopic (exact) mass is 1060 g/mol. The average Bonchev–Trinajstić information content (AvgIpc) is 4.16. The van der Waals surface area contributed by atoms with E-state index in [4.69, 9.17) is 20.0 Å². The second-order valence-electron chi connectivity index (χ2n) is 26.1. The largest absolute Gasteiger partial charge is 0.338 e. The predicted molar refractivity (Wildman–Crippen MR) is 307 cm³/mol. The number of aliphatic imine (C=N–C) groups is 4. The van der Waals surface area contributed by atoms with Crippen LogP contribution in [0, 0.1) is 71.0 Å². The van der Waals surface area contributed by atoms with Crippen molar-refractivity contribution in [3.63, 3.8) is 0 Å². The van der Waals surface area contributed by atoms with E-state index in [0.29, 0.717) is 47.8 Å². The van der Waals surface area contributed by atoms with Crippen LogP contribution in [-0.4, -0.2) is 81.5 Å². The molecule has 0 aromatic rings. The van der Waals surface area contributed by atoms with Gasteiger partial charge in [-0.15, -0.1) is 0 Å². The standard InChI is InChI=1S/C15H24N2S.3C14H22N2OS/c1-9(2)15(4)10(3)16-14(18-15)17-13-8-11-5-6-12(13)7-11;3*1-8(2)14(3)12(17)16-13(18-14)15-11-7-9-4-5-10(11)6-9/h9,11-13H,3,5-8H2,1-2,4H3,(H,16,17);3*8-11H,4-7H2,1-3H3,(H,15,16,17)/t11-,12+,13+,15+;9-,10+,11+,14+;2*9-,10+,11+,14-/m0110/s1. The number of carbonyl (C=O) groups excluding carboxylic acids is 3. The van der Waals surface area contributed by atoms with Crippen molar-refractivity contribution in [1.29, 1.82) is 0 Å². The van der Waals surface area contributed by atoms with Gasteiger partial charge in [-0.2, -0.15) is 0 Å². The van der Waals surface area contributed by atoms with Gasteiger partial charge in [-0.1, -0.05) is 135 Å². The Balaban J connectivity index is 0.000000119. The van der Waals surface area contributed by atoms with E-state index in [1.54, 1.807) is 35.3 Å². The molecule has 12 rings (SSSR count). The summed E-state index contributed by atoms with van der Waals surface area (Å²) in [6.07, 6.45) is 21.6. The summed E-state index contributed by atoms with van der Waals surface area (Å²) in [7, 11) is 0. The SMILES string of the molecule is C=C1NC(=N[C@@H]2C[C@H]3CC[C@@H]2C3)S[C@]1(C)C(C)C.CC(C)[C@@]1(C)SC(=N[C@H]2C[C@@H]3CC[C@H]2C3)NC1=O.CC(C)[C@]1(C)SC(=N[C@@H]2C[C@H]3CC[C@@H]2C3)NC1=O.CC(C)[C@]1(C)SC(=N[C@H]2C[C@@H]3CC[C@H]2C3)NC1=O. The Morgan fingerprint density at radius 3 is 0.806 bits per heavy atom. The molecule has 0 spiro atoms. The van der Waals surface area contributed by atoms with Gasteiger partial charge in [0.2, 0.25) is 17.7 Å². The number of hydrogen-bond acceptors (Lipinski definition) is 11. The summed E-state index contributed by atoms with van der Waals surface area (Å²) < 4.78 is -0.903. The molecule has 0 unspecified atom stereocenters. The van der Waals surface area contributed by atoms with E-state index in [9.17, 15) is 14.4 Å². The molecule has 400 valence electrons. The minimum Gasteiger partial charge on any atom is -0.338 e. The van der Waals surface area contributed by atoms with Gasteiger partial charge in [-0.25, -0.2) is 0 Å². The molecule has 12 aliphatic rings. The Morgan fingerprint density at radius 1 is 0.389 bits per heavy atom. The molecule has 72 heavy (non-hydrogen) atoms. The van der Waals surface area contributed by atoms with Crippen LogP contribution in [-0.2, 0) is 14.4 Å². The van der Waals surface area contributed by atoms with Crippen LogP contribution < -0.4 is 21.3 Å². The normalized spacial score (nSPS) is 45.2. The van der Waals surface area contributed by atoms with Gasteiger partial charge < -0.3 is 21.3 Å². The third-order valence-electron chi connectivity index (χ3n) is 20.4. The summed E-state index contributed by atoms with van der Waals surface area (Å²) in [5, 5.41) is 16.1. The van der Waals surface area contributed by atoms with E-state index in [2.05, 4.69) is 90.2 Å². The first-order valence-electron chi connectivity index (χ1n) is 28.4. The van der Waals surface area contributed by atoms with Crippen molar-refractivity contribution in [3.05, 3.63) is 12.3 Å². The number of amidine groups is 4. The number of fused-ring (bicyclic) bond motifs is 8. The number of nitrogens with one attached hydrogen (secondary N) is 4. The quantitative estimate of drug-likeness (QED) is 0.188. The van der Waals surface area contributed by atoms with Crippen LogP contribution in [0.2, 0.25) is 0 Å². The van der Waals surface area contributed by atoms with Crippen LogP contribution in [0.3, 0.4) is 0 Å². The summed E-state index contributed by atoms with van der Waals surface area (Å²) >= 11 is 6.78. The first-order valence-corrected chi connectivity index (χ1v) is 31.7. The second-order valence-corrected chi connectivity index (χ2v) is 31.9. The van der Waals surface area contributed by atoms with Gasteiger partial charge in [-0.3, -0.25) is 34.4 Å². The van der Waals surface area contributed by atoms with E-state index in [-0.39, 0.29) is 36.7 Å². The maximum atomic E-state index is 12.1. The highest BCUT2D eigenvalue weighted by Gasteiger charge is 2.50. The number of thioether (sulfide) groups is 4. The lowest BCUT2D eigenvalue weighted by atomic mass is 9.94. The van der Waals surface area contributed by atoms with Crippen molar-refractivity contribution >= 4 is 85.4 Å². The van der Waals surface area contributed by atoms with Crippen molar-refractivity contribution in [1.82, 2.24) is 21.3 Å². The number of nitrogens with zero attached hydrogens (tertiary/aromatic N) is 4. The Hall–Kier alpha value is -1.97. The lowest BCUT2D eigenvalue weighted by Gasteiger charge is -2.26. The Morgan fingerprint density at radius 2 is 0.625 bits per heavy atom. The van der Waals surface area contributed by atoms with Crippen LogP contribution >= 0.6 is 47.0 Å². The molecule has 0 aromatic carbocycles. The van der Waals surface area contributed by atoms with Crippen molar-refractivity contribution < 1.29 is 14.4 Å². The fraction of sp³-hybridized carbons (Fsp3) is 0.842. The molecule has 8 aliphatic carbocycles. The lowest BCUT2D eigenvalue weighted by Crippen LogP contribution is -2.38. The molecule has 3 amide bonds. The van der Waals surface area contributed by atoms with Gasteiger partial charge in [0.1, 0.15) is 14.2 Å². The minimum absolute atomic E-state index is 0.108. The van der Waals surface area contributed by atoms with Crippen LogP contribution in [0.1, 0.15) is 186 Å². The van der Waals surface area contributed by atoms with E-state index in [0.717, 1.165) is 73.7 Å². The van der Waals surface area contributed by atoms with E-state index < -0.39 is 0 Å². The van der Waals surface area contributed by atoms with E-state index >= 15 is 0 Å². The molecule has 8 bridgehead atoms. The van der Waals surface area contributed by atoms with Crippen molar-refractivity contribution in [2.45, 2.75) is 229 Å². The summed E-state index contributed by atoms with van der Waals surface area (Å²) in [6.45, 7) is 29.7. The molecule has 12 fully saturated rings. The van der Waals surface area contributed by atoms with Gasteiger partial charge in [0.25, 0.3) is 0 Å². The van der Waals surface area contributed by atoms with Gasteiger partial charge in [-0.05, 0) is 176 Å². The third kappa shape index (κ3) is 11.1. The molecule has 4 heterocycles. The molecule has 0 aromatic heterocycles. The molecule has 4 saturated heterocycles.